The van der Waals surface area contributed by atoms with Gasteiger partial charge in [0.2, 0.25) is 0 Å². The van der Waals surface area contributed by atoms with Gasteiger partial charge >= 0.3 is 0 Å². The maximum atomic E-state index is 12.4. The molecule has 2 atom stereocenters. The normalized spacial score (nSPS) is 21.7. The van der Waals surface area contributed by atoms with Gasteiger partial charge in [0.15, 0.2) is 0 Å². The van der Waals surface area contributed by atoms with Crippen LogP contribution in [0.5, 0.6) is 0 Å². The third-order valence-electron chi connectivity index (χ3n) is 3.86. The molecule has 1 amide bonds. The number of nitrogens with one attached hydrogen (secondary N) is 1. The van der Waals surface area contributed by atoms with E-state index < -0.39 is 0 Å². The van der Waals surface area contributed by atoms with Gasteiger partial charge in [-0.25, -0.2) is 0 Å². The first-order valence-corrected chi connectivity index (χ1v) is 7.63. The Labute approximate surface area is 129 Å². The molecule has 1 aliphatic heterocycles. The van der Waals surface area contributed by atoms with Crippen LogP contribution in [0.1, 0.15) is 23.8 Å². The Morgan fingerprint density at radius 1 is 1.41 bits per heavy atom. The molecule has 1 fully saturated rings. The van der Waals surface area contributed by atoms with Crippen LogP contribution < -0.4 is 5.32 Å². The van der Waals surface area contributed by atoms with E-state index in [2.05, 4.69) is 10.3 Å². The lowest BCUT2D eigenvalue weighted by Gasteiger charge is -2.31. The number of carbonyl (C=O) groups excluding carboxylic acids is 1. The van der Waals surface area contributed by atoms with Crippen molar-refractivity contribution < 1.29 is 14.3 Å². The Hall–Kier alpha value is -1.98. The van der Waals surface area contributed by atoms with Gasteiger partial charge < -0.3 is 14.8 Å². The first kappa shape index (κ1) is 14.9. The fourth-order valence-corrected chi connectivity index (χ4v) is 2.71. The van der Waals surface area contributed by atoms with Crippen molar-refractivity contribution in [2.75, 3.05) is 19.8 Å². The molecule has 0 bridgehead atoms. The number of amides is 1. The van der Waals surface area contributed by atoms with Crippen LogP contribution in [-0.2, 0) is 9.47 Å². The van der Waals surface area contributed by atoms with Gasteiger partial charge in [0.25, 0.3) is 5.91 Å². The molecule has 116 valence electrons. The topological polar surface area (TPSA) is 60.5 Å². The van der Waals surface area contributed by atoms with Crippen molar-refractivity contribution in [2.24, 2.45) is 0 Å². The number of carbonyl (C=O) groups is 1. The fourth-order valence-electron chi connectivity index (χ4n) is 2.71. The van der Waals surface area contributed by atoms with Crippen molar-refractivity contribution in [3.8, 4) is 0 Å². The quantitative estimate of drug-likeness (QED) is 0.940. The summed E-state index contributed by atoms with van der Waals surface area (Å²) in [7, 11) is 0. The van der Waals surface area contributed by atoms with Gasteiger partial charge in [-0.3, -0.25) is 9.78 Å². The highest BCUT2D eigenvalue weighted by atomic mass is 16.5. The van der Waals surface area contributed by atoms with Crippen LogP contribution in [0.25, 0.3) is 10.8 Å². The number of aromatic nitrogens is 1. The van der Waals surface area contributed by atoms with Crippen LogP contribution in [-0.4, -0.2) is 42.9 Å². The van der Waals surface area contributed by atoms with E-state index in [0.29, 0.717) is 25.5 Å². The summed E-state index contributed by atoms with van der Waals surface area (Å²) < 4.78 is 11.1. The lowest BCUT2D eigenvalue weighted by Crippen LogP contribution is -2.50. The predicted octanol–water partition coefficient (Wildman–Crippen LogP) is 2.16. The van der Waals surface area contributed by atoms with Crippen LogP contribution >= 0.6 is 0 Å². The zero-order valence-electron chi connectivity index (χ0n) is 12.6. The number of hydrogen-bond donors (Lipinski definition) is 1. The van der Waals surface area contributed by atoms with E-state index in [0.717, 1.165) is 17.2 Å². The third-order valence-corrected chi connectivity index (χ3v) is 3.86. The smallest absolute Gasteiger partial charge is 0.270 e. The molecular formula is C17H20N2O3. The second-order valence-electron chi connectivity index (χ2n) is 5.35. The molecule has 0 saturated carbocycles. The molecule has 5 nitrogen and oxygen atoms in total. The molecule has 0 spiro atoms. The summed E-state index contributed by atoms with van der Waals surface area (Å²) in [4.78, 5) is 16.7. The number of fused-ring (bicyclic) bond motifs is 1. The maximum absolute atomic E-state index is 12.4. The maximum Gasteiger partial charge on any atom is 0.270 e. The standard InChI is InChI=1S/C17H20N2O3/c1-2-22-16-11-21-8-7-14(16)19-17(20)15-9-12-5-3-4-6-13(12)10-18-15/h3-6,9-10,14,16H,2,7-8,11H2,1H3,(H,19,20)/t14-,16-/m1/s1. The van der Waals surface area contributed by atoms with E-state index in [1.807, 2.05) is 37.3 Å². The highest BCUT2D eigenvalue weighted by molar-refractivity contribution is 5.96. The van der Waals surface area contributed by atoms with Crippen LogP contribution in [0.15, 0.2) is 36.5 Å². The molecule has 0 unspecified atom stereocenters. The summed E-state index contributed by atoms with van der Waals surface area (Å²) in [6.07, 6.45) is 2.39. The van der Waals surface area contributed by atoms with Crippen LogP contribution in [0.2, 0.25) is 0 Å². The average Bonchev–Trinajstić information content (AvgIpc) is 2.56. The minimum absolute atomic E-state index is 0.0329. The van der Waals surface area contributed by atoms with Gasteiger partial charge in [-0.1, -0.05) is 24.3 Å². The van der Waals surface area contributed by atoms with Crippen LogP contribution in [0.4, 0.5) is 0 Å². The second kappa shape index (κ2) is 6.85. The van der Waals surface area contributed by atoms with Gasteiger partial charge in [0.05, 0.1) is 12.6 Å². The Kier molecular flexibility index (Phi) is 4.65. The highest BCUT2D eigenvalue weighted by Gasteiger charge is 2.28. The van der Waals surface area contributed by atoms with Gasteiger partial charge in [0.1, 0.15) is 11.8 Å². The second-order valence-corrected chi connectivity index (χ2v) is 5.35. The Bertz CT molecular complexity index is 657. The molecule has 22 heavy (non-hydrogen) atoms. The largest absolute Gasteiger partial charge is 0.379 e. The Balaban J connectivity index is 1.74. The molecule has 3 rings (SSSR count). The number of ether oxygens (including phenoxy) is 2. The Morgan fingerprint density at radius 3 is 3.05 bits per heavy atom. The lowest BCUT2D eigenvalue weighted by molar-refractivity contribution is -0.0633. The van der Waals surface area contributed by atoms with Crippen LogP contribution in [0, 0.1) is 0 Å². The van der Waals surface area contributed by atoms with Crippen molar-refractivity contribution in [1.82, 2.24) is 10.3 Å². The van der Waals surface area contributed by atoms with E-state index in [9.17, 15) is 4.79 Å². The fraction of sp³-hybridized carbons (Fsp3) is 0.412. The number of rotatable bonds is 4. The first-order chi connectivity index (χ1) is 10.8. The monoisotopic (exact) mass is 300 g/mol. The van der Waals surface area contributed by atoms with E-state index in [1.54, 1.807) is 6.20 Å². The number of hydrogen-bond acceptors (Lipinski definition) is 4. The van der Waals surface area contributed by atoms with E-state index in [-0.39, 0.29) is 18.1 Å². The zero-order chi connectivity index (χ0) is 15.4. The highest BCUT2D eigenvalue weighted by Crippen LogP contribution is 2.15. The van der Waals surface area contributed by atoms with E-state index in [4.69, 9.17) is 9.47 Å². The summed E-state index contributed by atoms with van der Waals surface area (Å²) in [5.74, 6) is -0.164. The summed E-state index contributed by atoms with van der Waals surface area (Å²) >= 11 is 0. The molecule has 2 aromatic rings. The minimum atomic E-state index is -0.164. The Morgan fingerprint density at radius 2 is 2.23 bits per heavy atom. The van der Waals surface area contributed by atoms with Gasteiger partial charge in [-0.05, 0) is 24.8 Å². The van der Waals surface area contributed by atoms with Crippen molar-refractivity contribution >= 4 is 16.7 Å². The molecule has 1 saturated heterocycles. The van der Waals surface area contributed by atoms with E-state index >= 15 is 0 Å². The van der Waals surface area contributed by atoms with Crippen molar-refractivity contribution in [3.63, 3.8) is 0 Å². The van der Waals surface area contributed by atoms with Crippen LogP contribution in [0.3, 0.4) is 0 Å². The molecule has 1 N–H and O–H groups in total. The molecule has 0 radical (unpaired) electrons. The molecular weight excluding hydrogens is 280 g/mol. The van der Waals surface area contributed by atoms with Crippen molar-refractivity contribution in [2.45, 2.75) is 25.5 Å². The predicted molar refractivity (Wildman–Crippen MR) is 83.8 cm³/mol. The number of benzene rings is 1. The molecule has 1 aromatic heterocycles. The summed E-state index contributed by atoms with van der Waals surface area (Å²) in [6.45, 7) is 3.70. The van der Waals surface area contributed by atoms with Gasteiger partial charge in [-0.15, -0.1) is 0 Å². The van der Waals surface area contributed by atoms with Crippen molar-refractivity contribution in [1.29, 1.82) is 0 Å². The summed E-state index contributed by atoms with van der Waals surface area (Å²) in [5.41, 5.74) is 0.431. The third kappa shape index (κ3) is 3.26. The number of nitrogens with zero attached hydrogens (tertiary/aromatic N) is 1. The molecule has 1 aliphatic rings. The molecule has 0 aliphatic carbocycles. The SMILES string of the molecule is CCO[C@@H]1COCC[C@H]1NC(=O)c1cc2ccccc2cn1. The molecule has 2 heterocycles. The average molecular weight is 300 g/mol. The minimum Gasteiger partial charge on any atom is -0.379 e. The summed E-state index contributed by atoms with van der Waals surface area (Å²) in [5, 5.41) is 5.06. The first-order valence-electron chi connectivity index (χ1n) is 7.63. The van der Waals surface area contributed by atoms with E-state index in [1.165, 1.54) is 0 Å². The van der Waals surface area contributed by atoms with Crippen molar-refractivity contribution in [3.05, 3.63) is 42.2 Å². The van der Waals surface area contributed by atoms with Gasteiger partial charge in [-0.2, -0.15) is 0 Å². The number of pyridine rings is 1. The lowest BCUT2D eigenvalue weighted by atomic mass is 10.1. The summed E-state index contributed by atoms with van der Waals surface area (Å²) in [6, 6.07) is 9.65. The molecule has 5 heteroatoms. The van der Waals surface area contributed by atoms with Gasteiger partial charge in [0, 0.05) is 24.8 Å². The zero-order valence-corrected chi connectivity index (χ0v) is 12.6. The molecule has 1 aromatic carbocycles.